The molecule has 0 radical (unpaired) electrons. The Balaban J connectivity index is 1.81. The number of guanidine groups is 1. The number of alkyl halides is 3. The molecular weight excluding hydrogens is 385 g/mol. The van der Waals surface area contributed by atoms with Crippen LogP contribution < -0.4 is 15.4 Å². The summed E-state index contributed by atoms with van der Waals surface area (Å²) in [6.45, 7) is 3.95. The summed E-state index contributed by atoms with van der Waals surface area (Å²) in [7, 11) is 3.56. The molecule has 0 bridgehead atoms. The van der Waals surface area contributed by atoms with E-state index in [-0.39, 0.29) is 5.95 Å². The van der Waals surface area contributed by atoms with Crippen LogP contribution in [0.5, 0.6) is 5.75 Å². The van der Waals surface area contributed by atoms with Gasteiger partial charge in [-0.05, 0) is 30.7 Å². The lowest BCUT2D eigenvalue weighted by Crippen LogP contribution is -2.40. The van der Waals surface area contributed by atoms with Gasteiger partial charge < -0.3 is 20.3 Å². The molecule has 0 aliphatic heterocycles. The molecule has 1 heterocycles. The van der Waals surface area contributed by atoms with Gasteiger partial charge in [0, 0.05) is 39.9 Å². The van der Waals surface area contributed by atoms with Crippen LogP contribution in [0.3, 0.4) is 0 Å². The lowest BCUT2D eigenvalue weighted by atomic mass is 10.2. The Labute approximate surface area is 168 Å². The fourth-order valence-electron chi connectivity index (χ4n) is 2.54. The van der Waals surface area contributed by atoms with Crippen LogP contribution in [0, 0.1) is 0 Å². The summed E-state index contributed by atoms with van der Waals surface area (Å²) >= 11 is 0. The van der Waals surface area contributed by atoms with Gasteiger partial charge in [0.1, 0.15) is 11.4 Å². The lowest BCUT2D eigenvalue weighted by Gasteiger charge is -2.22. The molecule has 0 saturated heterocycles. The van der Waals surface area contributed by atoms with Crippen molar-refractivity contribution in [3.05, 3.63) is 47.8 Å². The van der Waals surface area contributed by atoms with E-state index < -0.39 is 11.9 Å². The van der Waals surface area contributed by atoms with E-state index >= 15 is 0 Å². The van der Waals surface area contributed by atoms with Crippen LogP contribution in [0.2, 0.25) is 0 Å². The van der Waals surface area contributed by atoms with Crippen molar-refractivity contribution in [2.24, 2.45) is 4.99 Å². The van der Waals surface area contributed by atoms with E-state index in [2.05, 4.69) is 25.6 Å². The number of hydrogen-bond donors (Lipinski definition) is 2. The zero-order valence-electron chi connectivity index (χ0n) is 16.6. The highest BCUT2D eigenvalue weighted by atomic mass is 19.4. The largest absolute Gasteiger partial charge is 0.494 e. The Morgan fingerprint density at radius 2 is 1.90 bits per heavy atom. The number of ether oxygens (including phenoxy) is 1. The molecule has 0 aliphatic rings. The highest BCUT2D eigenvalue weighted by Gasteiger charge is 2.32. The van der Waals surface area contributed by atoms with Crippen molar-refractivity contribution < 1.29 is 17.9 Å². The standard InChI is InChI=1S/C19H25F3N6O/c1-4-29-15-7-5-14(6-8-15)13-28(3)18(23-2)26-12-11-25-17-24-10-9-16(27-17)19(20,21)22/h5-10H,4,11-13H2,1-3H3,(H,23,26)(H,24,25,27). The third kappa shape index (κ3) is 7.13. The Kier molecular flexibility index (Phi) is 8.05. The van der Waals surface area contributed by atoms with Crippen molar-refractivity contribution in [3.8, 4) is 5.75 Å². The number of benzene rings is 1. The first-order valence-corrected chi connectivity index (χ1v) is 9.11. The zero-order valence-corrected chi connectivity index (χ0v) is 16.6. The number of rotatable bonds is 8. The minimum Gasteiger partial charge on any atom is -0.494 e. The summed E-state index contributed by atoms with van der Waals surface area (Å²) < 4.78 is 43.5. The highest BCUT2D eigenvalue weighted by Crippen LogP contribution is 2.27. The van der Waals surface area contributed by atoms with Crippen LogP contribution in [0.1, 0.15) is 18.2 Å². The lowest BCUT2D eigenvalue weighted by molar-refractivity contribution is -0.141. The molecule has 2 rings (SSSR count). The monoisotopic (exact) mass is 410 g/mol. The topological polar surface area (TPSA) is 74.7 Å². The summed E-state index contributed by atoms with van der Waals surface area (Å²) in [4.78, 5) is 13.4. The number of aromatic nitrogens is 2. The first-order valence-electron chi connectivity index (χ1n) is 9.11. The van der Waals surface area contributed by atoms with Gasteiger partial charge >= 0.3 is 6.18 Å². The summed E-state index contributed by atoms with van der Waals surface area (Å²) in [5.41, 5.74) is 0.114. The summed E-state index contributed by atoms with van der Waals surface area (Å²) in [6.07, 6.45) is -3.42. The normalized spacial score (nSPS) is 11.9. The van der Waals surface area contributed by atoms with E-state index in [0.29, 0.717) is 32.2 Å². The van der Waals surface area contributed by atoms with Gasteiger partial charge in [0.05, 0.1) is 6.61 Å². The molecule has 0 atom stereocenters. The first kappa shape index (κ1) is 22.3. The molecular formula is C19H25F3N6O. The molecule has 29 heavy (non-hydrogen) atoms. The second-order valence-electron chi connectivity index (χ2n) is 6.10. The molecule has 0 amide bonds. The molecule has 0 fully saturated rings. The van der Waals surface area contributed by atoms with Crippen molar-refractivity contribution in [1.82, 2.24) is 20.2 Å². The molecule has 0 unspecified atom stereocenters. The maximum absolute atomic E-state index is 12.7. The molecule has 158 valence electrons. The van der Waals surface area contributed by atoms with Gasteiger partial charge in [-0.1, -0.05) is 12.1 Å². The van der Waals surface area contributed by atoms with Gasteiger partial charge in [0.2, 0.25) is 5.95 Å². The van der Waals surface area contributed by atoms with E-state index in [1.807, 2.05) is 43.1 Å². The average molecular weight is 410 g/mol. The smallest absolute Gasteiger partial charge is 0.433 e. The van der Waals surface area contributed by atoms with Gasteiger partial charge in [-0.3, -0.25) is 4.99 Å². The predicted molar refractivity (Wildman–Crippen MR) is 106 cm³/mol. The van der Waals surface area contributed by atoms with E-state index in [4.69, 9.17) is 4.74 Å². The third-order valence-corrected chi connectivity index (χ3v) is 3.86. The van der Waals surface area contributed by atoms with Gasteiger partial charge in [0.15, 0.2) is 5.96 Å². The molecule has 7 nitrogen and oxygen atoms in total. The van der Waals surface area contributed by atoms with Crippen LogP contribution in [0.15, 0.2) is 41.5 Å². The molecule has 0 spiro atoms. The number of nitrogens with zero attached hydrogens (tertiary/aromatic N) is 4. The number of anilines is 1. The second kappa shape index (κ2) is 10.5. The van der Waals surface area contributed by atoms with Crippen LogP contribution in [-0.2, 0) is 12.7 Å². The fourth-order valence-corrected chi connectivity index (χ4v) is 2.54. The number of hydrogen-bond acceptors (Lipinski definition) is 5. The Hall–Kier alpha value is -3.04. The Morgan fingerprint density at radius 3 is 2.52 bits per heavy atom. The van der Waals surface area contributed by atoms with Gasteiger partial charge in [-0.2, -0.15) is 13.2 Å². The molecule has 2 N–H and O–H groups in total. The average Bonchev–Trinajstić information content (AvgIpc) is 2.69. The van der Waals surface area contributed by atoms with Gasteiger partial charge in [-0.15, -0.1) is 0 Å². The van der Waals surface area contributed by atoms with E-state index in [1.165, 1.54) is 0 Å². The van der Waals surface area contributed by atoms with Gasteiger partial charge in [-0.25, -0.2) is 9.97 Å². The third-order valence-electron chi connectivity index (χ3n) is 3.86. The van der Waals surface area contributed by atoms with E-state index in [9.17, 15) is 13.2 Å². The molecule has 1 aromatic heterocycles. The van der Waals surface area contributed by atoms with Crippen LogP contribution >= 0.6 is 0 Å². The summed E-state index contributed by atoms with van der Waals surface area (Å²) in [5.74, 6) is 1.41. The van der Waals surface area contributed by atoms with Crippen molar-refractivity contribution >= 4 is 11.9 Å². The SMILES string of the molecule is CCOc1ccc(CN(C)C(=NC)NCCNc2nccc(C(F)(F)F)n2)cc1. The van der Waals surface area contributed by atoms with Crippen LogP contribution in [0.4, 0.5) is 19.1 Å². The second-order valence-corrected chi connectivity index (χ2v) is 6.10. The molecule has 0 aliphatic carbocycles. The quantitative estimate of drug-likeness (QED) is 0.396. The van der Waals surface area contributed by atoms with E-state index in [1.54, 1.807) is 7.05 Å². The van der Waals surface area contributed by atoms with E-state index in [0.717, 1.165) is 23.6 Å². The molecule has 1 aromatic carbocycles. The maximum atomic E-state index is 12.7. The highest BCUT2D eigenvalue weighted by molar-refractivity contribution is 5.79. The Morgan fingerprint density at radius 1 is 1.17 bits per heavy atom. The van der Waals surface area contributed by atoms with Crippen molar-refractivity contribution in [2.75, 3.05) is 39.1 Å². The minimum absolute atomic E-state index is 0.0700. The first-order chi connectivity index (χ1) is 13.8. The maximum Gasteiger partial charge on any atom is 0.433 e. The van der Waals surface area contributed by atoms with Crippen molar-refractivity contribution in [1.29, 1.82) is 0 Å². The summed E-state index contributed by atoms with van der Waals surface area (Å²) in [6, 6.07) is 8.65. The zero-order chi connectivity index (χ0) is 21.3. The minimum atomic E-state index is -4.50. The van der Waals surface area contributed by atoms with Gasteiger partial charge in [0.25, 0.3) is 0 Å². The molecule has 10 heteroatoms. The van der Waals surface area contributed by atoms with Crippen molar-refractivity contribution in [2.45, 2.75) is 19.6 Å². The van der Waals surface area contributed by atoms with Crippen LogP contribution in [-0.4, -0.2) is 54.6 Å². The molecule has 0 saturated carbocycles. The summed E-state index contributed by atoms with van der Waals surface area (Å²) in [5, 5.41) is 5.92. The Bertz CT molecular complexity index is 795. The number of nitrogens with one attached hydrogen (secondary N) is 2. The van der Waals surface area contributed by atoms with Crippen molar-refractivity contribution in [3.63, 3.8) is 0 Å². The number of halogens is 3. The number of aliphatic imine (C=N–C) groups is 1. The fraction of sp³-hybridized carbons (Fsp3) is 0.421. The predicted octanol–water partition coefficient (Wildman–Crippen LogP) is 3.01. The molecule has 2 aromatic rings. The van der Waals surface area contributed by atoms with Crippen LogP contribution in [0.25, 0.3) is 0 Å².